The lowest BCUT2D eigenvalue weighted by molar-refractivity contribution is 0.00962. The Balaban J connectivity index is 2.42. The third kappa shape index (κ3) is 2.02. The molecule has 3 nitrogen and oxygen atoms in total. The topological polar surface area (TPSA) is 52.5 Å². The molecule has 1 aromatic carbocycles. The summed E-state index contributed by atoms with van der Waals surface area (Å²) in [7, 11) is 0. The average Bonchev–Trinajstić information content (AvgIpc) is 2.18. The van der Waals surface area contributed by atoms with E-state index in [9.17, 15) is 10.2 Å². The summed E-state index contributed by atoms with van der Waals surface area (Å²) in [5.41, 5.74) is -0.361. The van der Waals surface area contributed by atoms with Crippen LogP contribution in [0.2, 0.25) is 0 Å². The lowest BCUT2D eigenvalue weighted by atomic mass is 9.86. The fraction of sp³-hybridized carbons (Fsp3) is 0.455. The van der Waals surface area contributed by atoms with Gasteiger partial charge in [0.25, 0.3) is 0 Å². The largest absolute Gasteiger partial charge is 0.508 e. The lowest BCUT2D eigenvalue weighted by Crippen LogP contribution is -2.43. The molecule has 0 aliphatic carbocycles. The molecule has 0 radical (unpaired) electrons. The molecule has 82 valence electrons. The van der Waals surface area contributed by atoms with Crippen LogP contribution in [-0.2, 0) is 5.60 Å². The molecule has 0 amide bonds. The Kier molecular flexibility index (Phi) is 3.00. The van der Waals surface area contributed by atoms with Crippen LogP contribution in [0, 0.1) is 0 Å². The highest BCUT2D eigenvalue weighted by atomic mass is 79.9. The van der Waals surface area contributed by atoms with E-state index < -0.39 is 5.60 Å². The molecule has 0 spiro atoms. The molecule has 3 N–H and O–H groups in total. The summed E-state index contributed by atoms with van der Waals surface area (Å²) in [5, 5.41) is 23.4. The van der Waals surface area contributed by atoms with Crippen molar-refractivity contribution in [1.82, 2.24) is 5.32 Å². The molecule has 1 unspecified atom stereocenters. The number of hydrogen-bond acceptors (Lipinski definition) is 3. The summed E-state index contributed by atoms with van der Waals surface area (Å²) >= 11 is 3.37. The van der Waals surface area contributed by atoms with Crippen molar-refractivity contribution in [3.63, 3.8) is 0 Å². The maximum absolute atomic E-state index is 10.5. The van der Waals surface area contributed by atoms with Crippen molar-refractivity contribution in [2.24, 2.45) is 0 Å². The van der Waals surface area contributed by atoms with Crippen LogP contribution in [-0.4, -0.2) is 23.3 Å². The molecule has 1 saturated heterocycles. The Bertz CT molecular complexity index is 341. The Hall–Kier alpha value is -0.580. The number of hydrogen-bond donors (Lipinski definition) is 3. The molecular weight excluding hydrogens is 258 g/mol. The summed E-state index contributed by atoms with van der Waals surface area (Å²) in [4.78, 5) is 0. The smallest absolute Gasteiger partial charge is 0.122 e. The van der Waals surface area contributed by atoms with E-state index in [4.69, 9.17) is 0 Å². The fourth-order valence-electron chi connectivity index (χ4n) is 2.08. The Morgan fingerprint density at radius 2 is 2.20 bits per heavy atom. The maximum atomic E-state index is 10.5. The van der Waals surface area contributed by atoms with Gasteiger partial charge in [0.1, 0.15) is 11.4 Å². The summed E-state index contributed by atoms with van der Waals surface area (Å²) in [6.07, 6.45) is 1.59. The molecule has 4 heteroatoms. The van der Waals surface area contributed by atoms with Crippen molar-refractivity contribution in [1.29, 1.82) is 0 Å². The standard InChI is InChI=1S/C11H14BrNO2/c12-8-3-1-4-9(14)10(8)11(15)5-2-6-13-7-11/h1,3-4,13-15H,2,5-7H2. The van der Waals surface area contributed by atoms with Gasteiger partial charge in [-0.3, -0.25) is 0 Å². The van der Waals surface area contributed by atoms with Gasteiger partial charge in [-0.25, -0.2) is 0 Å². The van der Waals surface area contributed by atoms with Crippen LogP contribution < -0.4 is 5.32 Å². The first-order chi connectivity index (χ1) is 7.13. The van der Waals surface area contributed by atoms with E-state index >= 15 is 0 Å². The predicted molar refractivity (Wildman–Crippen MR) is 61.8 cm³/mol. The quantitative estimate of drug-likeness (QED) is 0.729. The van der Waals surface area contributed by atoms with Gasteiger partial charge in [0.05, 0.1) is 0 Å². The molecule has 15 heavy (non-hydrogen) atoms. The molecule has 1 aliphatic heterocycles. The van der Waals surface area contributed by atoms with Gasteiger partial charge >= 0.3 is 0 Å². The molecule has 1 aromatic rings. The molecule has 0 aromatic heterocycles. The van der Waals surface area contributed by atoms with Crippen LogP contribution in [0.5, 0.6) is 5.75 Å². The van der Waals surface area contributed by atoms with E-state index in [1.807, 2.05) is 6.07 Å². The van der Waals surface area contributed by atoms with Gasteiger partial charge in [-0.1, -0.05) is 22.0 Å². The summed E-state index contributed by atoms with van der Waals surface area (Å²) in [5.74, 6) is 0.149. The van der Waals surface area contributed by atoms with Crippen molar-refractivity contribution in [3.05, 3.63) is 28.2 Å². The van der Waals surface area contributed by atoms with Gasteiger partial charge in [-0.15, -0.1) is 0 Å². The third-order valence-electron chi connectivity index (χ3n) is 2.82. The average molecular weight is 272 g/mol. The molecule has 1 atom stereocenters. The highest BCUT2D eigenvalue weighted by Gasteiger charge is 2.35. The zero-order valence-electron chi connectivity index (χ0n) is 8.33. The monoisotopic (exact) mass is 271 g/mol. The van der Waals surface area contributed by atoms with Crippen molar-refractivity contribution in [2.45, 2.75) is 18.4 Å². The van der Waals surface area contributed by atoms with Gasteiger partial charge < -0.3 is 15.5 Å². The van der Waals surface area contributed by atoms with Crippen LogP contribution in [0.25, 0.3) is 0 Å². The van der Waals surface area contributed by atoms with E-state index in [0.717, 1.165) is 17.4 Å². The van der Waals surface area contributed by atoms with Crippen molar-refractivity contribution < 1.29 is 10.2 Å². The number of nitrogens with one attached hydrogen (secondary N) is 1. The van der Waals surface area contributed by atoms with Crippen LogP contribution in [0.1, 0.15) is 18.4 Å². The molecule has 0 bridgehead atoms. The number of halogens is 1. The Morgan fingerprint density at radius 3 is 2.80 bits per heavy atom. The molecule has 2 rings (SSSR count). The van der Waals surface area contributed by atoms with Crippen molar-refractivity contribution in [2.75, 3.05) is 13.1 Å². The number of piperidine rings is 1. The van der Waals surface area contributed by atoms with E-state index in [-0.39, 0.29) is 5.75 Å². The van der Waals surface area contributed by atoms with E-state index in [0.29, 0.717) is 18.5 Å². The van der Waals surface area contributed by atoms with Crippen molar-refractivity contribution in [3.8, 4) is 5.75 Å². The van der Waals surface area contributed by atoms with Gasteiger partial charge in [0, 0.05) is 16.6 Å². The molecule has 1 aliphatic rings. The van der Waals surface area contributed by atoms with Crippen LogP contribution in [0.3, 0.4) is 0 Å². The first-order valence-electron chi connectivity index (χ1n) is 5.04. The highest BCUT2D eigenvalue weighted by molar-refractivity contribution is 9.10. The number of benzene rings is 1. The number of rotatable bonds is 1. The number of aromatic hydroxyl groups is 1. The fourth-order valence-corrected chi connectivity index (χ4v) is 2.80. The molecular formula is C11H14BrNO2. The van der Waals surface area contributed by atoms with Crippen molar-refractivity contribution >= 4 is 15.9 Å². The van der Waals surface area contributed by atoms with Gasteiger partial charge in [0.15, 0.2) is 0 Å². The van der Waals surface area contributed by atoms with Crippen LogP contribution >= 0.6 is 15.9 Å². The minimum atomic E-state index is -0.956. The highest BCUT2D eigenvalue weighted by Crippen LogP contribution is 2.38. The van der Waals surface area contributed by atoms with E-state index in [1.165, 1.54) is 0 Å². The first-order valence-corrected chi connectivity index (χ1v) is 5.84. The zero-order valence-corrected chi connectivity index (χ0v) is 9.92. The van der Waals surface area contributed by atoms with Gasteiger partial charge in [-0.05, 0) is 31.5 Å². The molecule has 1 fully saturated rings. The summed E-state index contributed by atoms with van der Waals surface area (Å²) in [6, 6.07) is 5.19. The Labute approximate surface area is 97.3 Å². The summed E-state index contributed by atoms with van der Waals surface area (Å²) < 4.78 is 0.758. The third-order valence-corrected chi connectivity index (χ3v) is 3.48. The second-order valence-corrected chi connectivity index (χ2v) is 4.80. The second kappa shape index (κ2) is 4.12. The summed E-state index contributed by atoms with van der Waals surface area (Å²) in [6.45, 7) is 1.41. The van der Waals surface area contributed by atoms with Crippen LogP contribution in [0.4, 0.5) is 0 Å². The SMILES string of the molecule is Oc1cccc(Br)c1C1(O)CCCNC1. The Morgan fingerprint density at radius 1 is 1.40 bits per heavy atom. The molecule has 1 heterocycles. The normalized spacial score (nSPS) is 26.5. The number of phenolic OH excluding ortho intramolecular Hbond substituents is 1. The van der Waals surface area contributed by atoms with Gasteiger partial charge in [-0.2, -0.15) is 0 Å². The lowest BCUT2D eigenvalue weighted by Gasteiger charge is -2.34. The number of phenols is 1. The van der Waals surface area contributed by atoms with E-state index in [2.05, 4.69) is 21.2 Å². The maximum Gasteiger partial charge on any atom is 0.122 e. The molecule has 0 saturated carbocycles. The second-order valence-electron chi connectivity index (χ2n) is 3.95. The minimum absolute atomic E-state index is 0.149. The minimum Gasteiger partial charge on any atom is -0.508 e. The predicted octanol–water partition coefficient (Wildman–Crippen LogP) is 1.73. The first kappa shape index (κ1) is 10.9. The number of β-amino-alcohol motifs (C(OH)–C–C–N with tert-alkyl or cyclic N) is 1. The van der Waals surface area contributed by atoms with E-state index in [1.54, 1.807) is 12.1 Å². The van der Waals surface area contributed by atoms with Gasteiger partial charge in [0.2, 0.25) is 0 Å². The number of aliphatic hydroxyl groups is 1. The van der Waals surface area contributed by atoms with Crippen LogP contribution in [0.15, 0.2) is 22.7 Å². The zero-order chi connectivity index (χ0) is 10.9.